The minimum absolute atomic E-state index is 0.167. The smallest absolute Gasteiger partial charge is 0.342 e. The van der Waals surface area contributed by atoms with Crippen LogP contribution in [0.3, 0.4) is 0 Å². The van der Waals surface area contributed by atoms with Crippen LogP contribution in [0.4, 0.5) is 0 Å². The van der Waals surface area contributed by atoms with Crippen molar-refractivity contribution in [2.75, 3.05) is 13.7 Å². The van der Waals surface area contributed by atoms with Crippen molar-refractivity contribution in [3.05, 3.63) is 0 Å². The Kier molecular flexibility index (Phi) is 3.22. The summed E-state index contributed by atoms with van der Waals surface area (Å²) in [6.07, 6.45) is 1.07. The molecule has 1 unspecified atom stereocenters. The Balaban J connectivity index is 2.59. The van der Waals surface area contributed by atoms with Crippen LogP contribution in [0.15, 0.2) is 0 Å². The lowest BCUT2D eigenvalue weighted by Gasteiger charge is -2.09. The van der Waals surface area contributed by atoms with Crippen LogP contribution in [-0.4, -0.2) is 31.6 Å². The Labute approximate surface area is 70.8 Å². The number of esters is 1. The highest BCUT2D eigenvalue weighted by Crippen LogP contribution is 2.10. The normalized spacial score (nSPS) is 24.8. The molecule has 0 aliphatic carbocycles. The molecule has 1 saturated heterocycles. The van der Waals surface area contributed by atoms with Crippen LogP contribution in [0, 0.1) is 0 Å². The van der Waals surface area contributed by atoms with Crippen LogP contribution in [-0.2, 0) is 19.1 Å². The average Bonchev–Trinajstić information content (AvgIpc) is 2.28. The van der Waals surface area contributed by atoms with Gasteiger partial charge in [0.25, 0.3) is 0 Å². The minimum Gasteiger partial charge on any atom is -0.467 e. The van der Waals surface area contributed by atoms with Crippen molar-refractivity contribution >= 4 is 11.8 Å². The molecule has 0 aromatic rings. The maximum Gasteiger partial charge on any atom is 0.342 e. The summed E-state index contributed by atoms with van der Waals surface area (Å²) in [7, 11) is 1.25. The first-order valence-electron chi connectivity index (χ1n) is 3.98. The largest absolute Gasteiger partial charge is 0.467 e. The summed E-state index contributed by atoms with van der Waals surface area (Å²) in [5, 5.41) is 0. The van der Waals surface area contributed by atoms with Crippen molar-refractivity contribution in [2.45, 2.75) is 25.4 Å². The van der Waals surface area contributed by atoms with E-state index in [2.05, 4.69) is 4.74 Å². The second-order valence-corrected chi connectivity index (χ2v) is 2.70. The van der Waals surface area contributed by atoms with E-state index in [0.717, 1.165) is 12.8 Å². The maximum atomic E-state index is 11.2. The standard InChI is InChI=1S/C8H12O4/c1-11-8(10)7-6(9)4-2-3-5-12-7/h7H,2-5H2,1H3. The molecule has 12 heavy (non-hydrogen) atoms. The van der Waals surface area contributed by atoms with Crippen molar-refractivity contribution in [3.8, 4) is 0 Å². The molecule has 0 N–H and O–H groups in total. The molecule has 68 valence electrons. The zero-order valence-electron chi connectivity index (χ0n) is 7.04. The van der Waals surface area contributed by atoms with Gasteiger partial charge >= 0.3 is 5.97 Å². The van der Waals surface area contributed by atoms with Gasteiger partial charge in [0.05, 0.1) is 7.11 Å². The van der Waals surface area contributed by atoms with Gasteiger partial charge < -0.3 is 9.47 Å². The summed E-state index contributed by atoms with van der Waals surface area (Å²) in [5.41, 5.74) is 0. The molecule has 0 spiro atoms. The highest BCUT2D eigenvalue weighted by molar-refractivity contribution is 6.02. The third kappa shape index (κ3) is 2.04. The molecule has 1 fully saturated rings. The van der Waals surface area contributed by atoms with E-state index < -0.39 is 12.1 Å². The van der Waals surface area contributed by atoms with Gasteiger partial charge in [-0.05, 0) is 12.8 Å². The Hall–Kier alpha value is -0.900. The molecule has 1 aliphatic rings. The molecule has 0 aromatic carbocycles. The van der Waals surface area contributed by atoms with Crippen molar-refractivity contribution in [2.24, 2.45) is 0 Å². The molecule has 1 atom stereocenters. The van der Waals surface area contributed by atoms with E-state index in [1.165, 1.54) is 7.11 Å². The quantitative estimate of drug-likeness (QED) is 0.421. The number of methoxy groups -OCH3 is 1. The van der Waals surface area contributed by atoms with Crippen LogP contribution in [0.2, 0.25) is 0 Å². The van der Waals surface area contributed by atoms with E-state index in [9.17, 15) is 9.59 Å². The van der Waals surface area contributed by atoms with Gasteiger partial charge in [0, 0.05) is 13.0 Å². The van der Waals surface area contributed by atoms with Crippen molar-refractivity contribution in [1.29, 1.82) is 0 Å². The predicted octanol–water partition coefficient (Wildman–Crippen LogP) is 0.298. The minimum atomic E-state index is -0.975. The van der Waals surface area contributed by atoms with Gasteiger partial charge in [-0.3, -0.25) is 4.79 Å². The van der Waals surface area contributed by atoms with Gasteiger partial charge in [-0.15, -0.1) is 0 Å². The fourth-order valence-electron chi connectivity index (χ4n) is 1.13. The molecule has 1 heterocycles. The lowest BCUT2D eigenvalue weighted by atomic mass is 10.1. The summed E-state index contributed by atoms with van der Waals surface area (Å²) >= 11 is 0. The first-order chi connectivity index (χ1) is 5.75. The van der Waals surface area contributed by atoms with Crippen molar-refractivity contribution in [1.82, 2.24) is 0 Å². The Bertz CT molecular complexity index is 187. The molecule has 1 rings (SSSR count). The van der Waals surface area contributed by atoms with Gasteiger partial charge in [0.1, 0.15) is 0 Å². The highest BCUT2D eigenvalue weighted by Gasteiger charge is 2.29. The second-order valence-electron chi connectivity index (χ2n) is 2.70. The molecule has 0 aromatic heterocycles. The van der Waals surface area contributed by atoms with Crippen LogP contribution in [0.1, 0.15) is 19.3 Å². The monoisotopic (exact) mass is 172 g/mol. The first kappa shape index (κ1) is 9.19. The second kappa shape index (κ2) is 4.21. The molecule has 0 saturated carbocycles. The highest BCUT2D eigenvalue weighted by atomic mass is 16.6. The summed E-state index contributed by atoms with van der Waals surface area (Å²) < 4.78 is 9.47. The summed E-state index contributed by atoms with van der Waals surface area (Å²) in [6, 6.07) is 0. The number of hydrogen-bond donors (Lipinski definition) is 0. The summed E-state index contributed by atoms with van der Waals surface area (Å²) in [4.78, 5) is 22.2. The number of carbonyl (C=O) groups is 2. The molecule has 1 aliphatic heterocycles. The molecule has 4 heteroatoms. The third-order valence-electron chi connectivity index (χ3n) is 1.81. The molecule has 0 amide bonds. The Morgan fingerprint density at radius 1 is 1.58 bits per heavy atom. The van der Waals surface area contributed by atoms with Crippen LogP contribution < -0.4 is 0 Å². The van der Waals surface area contributed by atoms with Crippen LogP contribution in [0.5, 0.6) is 0 Å². The molecule has 0 radical (unpaired) electrons. The SMILES string of the molecule is COC(=O)C1OCCCCC1=O. The van der Waals surface area contributed by atoms with Gasteiger partial charge in [-0.2, -0.15) is 0 Å². The topological polar surface area (TPSA) is 52.6 Å². The number of Topliss-reactive ketones (excluding diaryl/α,β-unsaturated/α-hetero) is 1. The zero-order chi connectivity index (χ0) is 8.97. The van der Waals surface area contributed by atoms with E-state index in [1.807, 2.05) is 0 Å². The van der Waals surface area contributed by atoms with E-state index in [-0.39, 0.29) is 5.78 Å². The number of ketones is 1. The van der Waals surface area contributed by atoms with Gasteiger partial charge in [0.15, 0.2) is 5.78 Å². The summed E-state index contributed by atoms with van der Waals surface area (Å²) in [5.74, 6) is -0.749. The predicted molar refractivity (Wildman–Crippen MR) is 40.6 cm³/mol. The van der Waals surface area contributed by atoms with E-state index in [4.69, 9.17) is 4.74 Å². The van der Waals surface area contributed by atoms with E-state index in [1.54, 1.807) is 0 Å². The van der Waals surface area contributed by atoms with Gasteiger partial charge in [-0.25, -0.2) is 4.79 Å². The van der Waals surface area contributed by atoms with Crippen LogP contribution in [0.25, 0.3) is 0 Å². The average molecular weight is 172 g/mol. The van der Waals surface area contributed by atoms with Gasteiger partial charge in [0.2, 0.25) is 6.10 Å². The molecule has 4 nitrogen and oxygen atoms in total. The summed E-state index contributed by atoms with van der Waals surface area (Å²) in [6.45, 7) is 0.464. The van der Waals surface area contributed by atoms with E-state index >= 15 is 0 Å². The maximum absolute atomic E-state index is 11.2. The first-order valence-corrected chi connectivity index (χ1v) is 3.98. The fraction of sp³-hybridized carbons (Fsp3) is 0.750. The van der Waals surface area contributed by atoms with Gasteiger partial charge in [-0.1, -0.05) is 0 Å². The zero-order valence-corrected chi connectivity index (χ0v) is 7.04. The molecular weight excluding hydrogens is 160 g/mol. The number of carbonyl (C=O) groups excluding carboxylic acids is 2. The lowest BCUT2D eigenvalue weighted by molar-refractivity contribution is -0.158. The van der Waals surface area contributed by atoms with Crippen LogP contribution >= 0.6 is 0 Å². The third-order valence-corrected chi connectivity index (χ3v) is 1.81. The van der Waals surface area contributed by atoms with E-state index in [0.29, 0.717) is 13.0 Å². The molecular formula is C8H12O4. The lowest BCUT2D eigenvalue weighted by Crippen LogP contribution is -2.32. The fourth-order valence-corrected chi connectivity index (χ4v) is 1.13. The Morgan fingerprint density at radius 3 is 3.00 bits per heavy atom. The number of ether oxygens (including phenoxy) is 2. The molecule has 0 bridgehead atoms. The number of hydrogen-bond acceptors (Lipinski definition) is 4. The van der Waals surface area contributed by atoms with Crippen molar-refractivity contribution in [3.63, 3.8) is 0 Å². The Morgan fingerprint density at radius 2 is 2.33 bits per heavy atom. The number of rotatable bonds is 1. The van der Waals surface area contributed by atoms with Crippen molar-refractivity contribution < 1.29 is 19.1 Å².